The summed E-state index contributed by atoms with van der Waals surface area (Å²) < 4.78 is 1.93. The Bertz CT molecular complexity index is 1210. The molecule has 1 aliphatic rings. The number of benzene rings is 2. The van der Waals surface area contributed by atoms with Crippen molar-refractivity contribution in [1.29, 1.82) is 5.26 Å². The van der Waals surface area contributed by atoms with E-state index in [1.165, 1.54) is 11.1 Å². The molecule has 0 aliphatic carbocycles. The third-order valence-electron chi connectivity index (χ3n) is 6.05. The Morgan fingerprint density at radius 3 is 2.55 bits per heavy atom. The standard InChI is InChI=1S/C26H25N7/c27-11-10-21-6-8-23(9-7-21)25-20-32(26-17-28-12-13-29-26)15-14-31(25)18-22-16-30-33(19-22)24-4-2-1-3-5-24/h1-9,12-13,16-17,19,25H,10,14-15,18,20H2. The average molecular weight is 436 g/mol. The molecule has 7 nitrogen and oxygen atoms in total. The fraction of sp³-hybridized carbons (Fsp3) is 0.231. The van der Waals surface area contributed by atoms with E-state index in [2.05, 4.69) is 73.5 Å². The highest BCUT2D eigenvalue weighted by atomic mass is 15.3. The first-order valence-corrected chi connectivity index (χ1v) is 11.1. The number of hydrogen-bond acceptors (Lipinski definition) is 6. The number of para-hydroxylation sites is 1. The maximum Gasteiger partial charge on any atom is 0.147 e. The zero-order chi connectivity index (χ0) is 22.5. The van der Waals surface area contributed by atoms with Gasteiger partial charge in [-0.15, -0.1) is 0 Å². The second kappa shape index (κ2) is 9.63. The lowest BCUT2D eigenvalue weighted by Gasteiger charge is -2.42. The number of nitrogens with zero attached hydrogens (tertiary/aromatic N) is 7. The lowest BCUT2D eigenvalue weighted by atomic mass is 9.99. The van der Waals surface area contributed by atoms with E-state index >= 15 is 0 Å². The van der Waals surface area contributed by atoms with Crippen LogP contribution in [0.15, 0.2) is 85.6 Å². The Balaban J connectivity index is 1.39. The number of nitriles is 1. The van der Waals surface area contributed by atoms with Crippen molar-refractivity contribution >= 4 is 5.82 Å². The minimum absolute atomic E-state index is 0.192. The SMILES string of the molecule is N#CCc1ccc(C2CN(c3cnccn3)CCN2Cc2cnn(-c3ccccc3)c2)cc1. The van der Waals surface area contributed by atoms with Crippen LogP contribution in [0.25, 0.3) is 5.69 Å². The third-order valence-corrected chi connectivity index (χ3v) is 6.05. The molecule has 7 heteroatoms. The summed E-state index contributed by atoms with van der Waals surface area (Å²) in [7, 11) is 0. The molecular formula is C26H25N7. The lowest BCUT2D eigenvalue weighted by molar-refractivity contribution is 0.168. The van der Waals surface area contributed by atoms with E-state index in [1.807, 2.05) is 35.3 Å². The highest BCUT2D eigenvalue weighted by Crippen LogP contribution is 2.29. The average Bonchev–Trinajstić information content (AvgIpc) is 3.35. The number of aromatic nitrogens is 4. The molecule has 0 saturated carbocycles. The number of piperazine rings is 1. The van der Waals surface area contributed by atoms with E-state index in [0.29, 0.717) is 6.42 Å². The molecule has 1 atom stereocenters. The van der Waals surface area contributed by atoms with E-state index in [0.717, 1.165) is 43.2 Å². The van der Waals surface area contributed by atoms with Crippen LogP contribution in [0.5, 0.6) is 0 Å². The molecule has 1 aliphatic heterocycles. The molecule has 0 amide bonds. The van der Waals surface area contributed by atoms with Crippen LogP contribution in [0.1, 0.15) is 22.7 Å². The van der Waals surface area contributed by atoms with Crippen LogP contribution < -0.4 is 4.90 Å². The molecule has 1 unspecified atom stereocenters. The zero-order valence-electron chi connectivity index (χ0n) is 18.3. The van der Waals surface area contributed by atoms with E-state index < -0.39 is 0 Å². The molecule has 5 rings (SSSR count). The molecule has 0 spiro atoms. The predicted octanol–water partition coefficient (Wildman–Crippen LogP) is 3.79. The van der Waals surface area contributed by atoms with Crippen molar-refractivity contribution in [3.63, 3.8) is 0 Å². The van der Waals surface area contributed by atoms with Gasteiger partial charge in [0.1, 0.15) is 5.82 Å². The molecule has 2 aromatic heterocycles. The van der Waals surface area contributed by atoms with Crippen LogP contribution in [-0.4, -0.2) is 44.3 Å². The first-order chi connectivity index (χ1) is 16.3. The monoisotopic (exact) mass is 435 g/mol. The topological polar surface area (TPSA) is 73.9 Å². The molecule has 33 heavy (non-hydrogen) atoms. The smallest absolute Gasteiger partial charge is 0.147 e. The normalized spacial score (nSPS) is 16.5. The van der Waals surface area contributed by atoms with Crippen LogP contribution >= 0.6 is 0 Å². The maximum absolute atomic E-state index is 9.00. The summed E-state index contributed by atoms with van der Waals surface area (Å²) >= 11 is 0. The van der Waals surface area contributed by atoms with Crippen molar-refractivity contribution in [2.75, 3.05) is 24.5 Å². The van der Waals surface area contributed by atoms with Crippen LogP contribution in [0, 0.1) is 11.3 Å². The van der Waals surface area contributed by atoms with Crippen molar-refractivity contribution in [3.8, 4) is 11.8 Å². The van der Waals surface area contributed by atoms with Gasteiger partial charge in [-0.1, -0.05) is 42.5 Å². The quantitative estimate of drug-likeness (QED) is 0.459. The van der Waals surface area contributed by atoms with Gasteiger partial charge in [0.15, 0.2) is 0 Å². The van der Waals surface area contributed by atoms with E-state index in [1.54, 1.807) is 12.4 Å². The second-order valence-electron chi connectivity index (χ2n) is 8.20. The first-order valence-electron chi connectivity index (χ1n) is 11.1. The van der Waals surface area contributed by atoms with Gasteiger partial charge < -0.3 is 4.90 Å². The molecule has 0 N–H and O–H groups in total. The summed E-state index contributed by atoms with van der Waals surface area (Å²) in [6.45, 7) is 3.42. The molecule has 3 heterocycles. The minimum Gasteiger partial charge on any atom is -0.352 e. The fourth-order valence-corrected chi connectivity index (χ4v) is 4.34. The summed E-state index contributed by atoms with van der Waals surface area (Å²) in [5, 5.41) is 13.6. The van der Waals surface area contributed by atoms with Gasteiger partial charge in [-0.3, -0.25) is 9.88 Å². The van der Waals surface area contributed by atoms with E-state index in [9.17, 15) is 0 Å². The summed E-state index contributed by atoms with van der Waals surface area (Å²) in [5.74, 6) is 0.903. The predicted molar refractivity (Wildman–Crippen MR) is 127 cm³/mol. The van der Waals surface area contributed by atoms with Crippen LogP contribution in [0.3, 0.4) is 0 Å². The minimum atomic E-state index is 0.192. The van der Waals surface area contributed by atoms with Gasteiger partial charge in [0.05, 0.1) is 36.6 Å². The molecule has 0 radical (unpaired) electrons. The number of hydrogen-bond donors (Lipinski definition) is 0. The van der Waals surface area contributed by atoms with Crippen LogP contribution in [0.4, 0.5) is 5.82 Å². The molecular weight excluding hydrogens is 410 g/mol. The van der Waals surface area contributed by atoms with E-state index in [4.69, 9.17) is 5.26 Å². The lowest BCUT2D eigenvalue weighted by Crippen LogP contribution is -2.48. The van der Waals surface area contributed by atoms with Gasteiger partial charge in [-0.2, -0.15) is 10.4 Å². The Hall–Kier alpha value is -4.02. The summed E-state index contributed by atoms with van der Waals surface area (Å²) in [6.07, 6.45) is 9.76. The highest BCUT2D eigenvalue weighted by Gasteiger charge is 2.29. The molecule has 4 aromatic rings. The largest absolute Gasteiger partial charge is 0.352 e. The van der Waals surface area contributed by atoms with Gasteiger partial charge in [0.2, 0.25) is 0 Å². The van der Waals surface area contributed by atoms with Gasteiger partial charge in [0, 0.05) is 50.3 Å². The molecule has 0 bridgehead atoms. The third kappa shape index (κ3) is 4.76. The first kappa shape index (κ1) is 20.9. The Morgan fingerprint density at radius 1 is 0.939 bits per heavy atom. The summed E-state index contributed by atoms with van der Waals surface area (Å²) in [5.41, 5.74) is 4.51. The molecule has 164 valence electrons. The van der Waals surface area contributed by atoms with Gasteiger partial charge >= 0.3 is 0 Å². The van der Waals surface area contributed by atoms with Crippen molar-refractivity contribution in [2.24, 2.45) is 0 Å². The van der Waals surface area contributed by atoms with Crippen molar-refractivity contribution in [1.82, 2.24) is 24.6 Å². The van der Waals surface area contributed by atoms with Gasteiger partial charge in [0.25, 0.3) is 0 Å². The van der Waals surface area contributed by atoms with Gasteiger partial charge in [-0.05, 0) is 23.3 Å². The summed E-state index contributed by atoms with van der Waals surface area (Å²) in [4.78, 5) is 13.6. The van der Waals surface area contributed by atoms with Crippen LogP contribution in [-0.2, 0) is 13.0 Å². The second-order valence-corrected chi connectivity index (χ2v) is 8.20. The Morgan fingerprint density at radius 2 is 1.79 bits per heavy atom. The number of anilines is 1. The Labute approximate surface area is 193 Å². The van der Waals surface area contributed by atoms with Crippen molar-refractivity contribution in [3.05, 3.63) is 102 Å². The summed E-state index contributed by atoms with van der Waals surface area (Å²) in [6, 6.07) is 21.0. The zero-order valence-corrected chi connectivity index (χ0v) is 18.3. The van der Waals surface area contributed by atoms with Crippen LogP contribution in [0.2, 0.25) is 0 Å². The van der Waals surface area contributed by atoms with Crippen molar-refractivity contribution in [2.45, 2.75) is 19.0 Å². The molecule has 1 fully saturated rings. The van der Waals surface area contributed by atoms with E-state index in [-0.39, 0.29) is 6.04 Å². The van der Waals surface area contributed by atoms with Gasteiger partial charge in [-0.25, -0.2) is 9.67 Å². The molecule has 2 aromatic carbocycles. The Kier molecular flexibility index (Phi) is 6.09. The number of rotatable bonds is 6. The highest BCUT2D eigenvalue weighted by molar-refractivity contribution is 5.38. The maximum atomic E-state index is 9.00. The van der Waals surface area contributed by atoms with Crippen molar-refractivity contribution < 1.29 is 0 Å². The fourth-order valence-electron chi connectivity index (χ4n) is 4.34. The molecule has 1 saturated heterocycles.